The average molecular weight is 203 g/mol. The summed E-state index contributed by atoms with van der Waals surface area (Å²) in [6.45, 7) is 6.65. The van der Waals surface area contributed by atoms with E-state index in [0.717, 1.165) is 5.54 Å². The molecule has 0 heterocycles. The number of allylic oxidation sites excluding steroid dienone is 1. The van der Waals surface area contributed by atoms with Crippen LogP contribution in [-0.2, 0) is 0 Å². The molecule has 0 nitrogen and oxygen atoms in total. The molecule has 0 saturated heterocycles. The molecule has 0 amide bonds. The molecular weight excluding hydrogens is 184 g/mol. The summed E-state index contributed by atoms with van der Waals surface area (Å²) in [5.41, 5.74) is 6.14. The highest BCUT2D eigenvalue weighted by molar-refractivity contribution is 6.44. The number of rotatable bonds is 4. The van der Waals surface area contributed by atoms with Gasteiger partial charge >= 0.3 is 0 Å². The number of benzene rings is 1. The number of hydrogen-bond acceptors (Lipinski definition) is 0. The van der Waals surface area contributed by atoms with Crippen LogP contribution in [0.1, 0.15) is 38.3 Å². The summed E-state index contributed by atoms with van der Waals surface area (Å²) >= 11 is 0. The minimum Gasteiger partial charge on any atom is -0.101 e. The van der Waals surface area contributed by atoms with Crippen molar-refractivity contribution in [3.8, 4) is 0 Å². The molecule has 1 atom stereocenters. The Labute approximate surface area is 89.9 Å². The van der Waals surface area contributed by atoms with Crippen LogP contribution in [0.4, 0.5) is 0 Å². The third kappa shape index (κ3) is 3.50. The first kappa shape index (κ1) is 11.3. The Morgan fingerprint density at radius 2 is 1.93 bits per heavy atom. The highest BCUT2D eigenvalue weighted by Crippen LogP contribution is 2.18. The standard InChI is InChI=1S/C13H19Si/c1-4-13(14-10-11(2)3)12-8-6-5-7-9-12/h5-10,13-14H,4H2,1-3H3. The fourth-order valence-electron chi connectivity index (χ4n) is 1.49. The maximum Gasteiger partial charge on any atom is 0.0648 e. The second-order valence-corrected chi connectivity index (χ2v) is 5.38. The van der Waals surface area contributed by atoms with Crippen molar-refractivity contribution in [3.05, 3.63) is 47.2 Å². The summed E-state index contributed by atoms with van der Waals surface area (Å²) in [5.74, 6) is 0. The Bertz CT molecular complexity index is 283. The van der Waals surface area contributed by atoms with Crippen LogP contribution in [0.15, 0.2) is 41.6 Å². The lowest BCUT2D eigenvalue weighted by Gasteiger charge is -2.12. The van der Waals surface area contributed by atoms with Gasteiger partial charge in [-0.3, -0.25) is 0 Å². The van der Waals surface area contributed by atoms with Crippen LogP contribution >= 0.6 is 0 Å². The zero-order valence-electron chi connectivity index (χ0n) is 9.33. The van der Waals surface area contributed by atoms with Crippen LogP contribution in [0.25, 0.3) is 0 Å². The van der Waals surface area contributed by atoms with E-state index in [4.69, 9.17) is 0 Å². The van der Waals surface area contributed by atoms with Crippen molar-refractivity contribution in [1.82, 2.24) is 0 Å². The van der Waals surface area contributed by atoms with Gasteiger partial charge in [0, 0.05) is 0 Å². The van der Waals surface area contributed by atoms with Gasteiger partial charge in [-0.25, -0.2) is 0 Å². The lowest BCUT2D eigenvalue weighted by atomic mass is 10.1. The van der Waals surface area contributed by atoms with Gasteiger partial charge in [-0.15, -0.1) is 5.70 Å². The van der Waals surface area contributed by atoms with E-state index in [2.05, 4.69) is 56.8 Å². The largest absolute Gasteiger partial charge is 0.101 e. The van der Waals surface area contributed by atoms with Gasteiger partial charge in [-0.05, 0) is 25.0 Å². The van der Waals surface area contributed by atoms with Crippen molar-refractivity contribution in [2.24, 2.45) is 0 Å². The Hall–Kier alpha value is -0.823. The van der Waals surface area contributed by atoms with Crippen LogP contribution in [0.5, 0.6) is 0 Å². The Morgan fingerprint density at radius 1 is 1.29 bits per heavy atom. The van der Waals surface area contributed by atoms with Crippen LogP contribution in [0, 0.1) is 0 Å². The molecule has 0 saturated carbocycles. The summed E-state index contributed by atoms with van der Waals surface area (Å²) in [4.78, 5) is 0. The lowest BCUT2D eigenvalue weighted by molar-refractivity contribution is 0.875. The molecule has 0 N–H and O–H groups in total. The molecule has 0 bridgehead atoms. The fourth-order valence-corrected chi connectivity index (χ4v) is 2.83. The molecule has 1 aromatic rings. The van der Waals surface area contributed by atoms with E-state index in [0.29, 0.717) is 9.52 Å². The molecule has 1 rings (SSSR count). The molecule has 75 valence electrons. The van der Waals surface area contributed by atoms with Crippen LogP contribution in [0.3, 0.4) is 0 Å². The van der Waals surface area contributed by atoms with E-state index in [1.165, 1.54) is 17.6 Å². The third-order valence-corrected chi connectivity index (χ3v) is 4.51. The second-order valence-electron chi connectivity index (χ2n) is 3.86. The molecule has 0 fully saturated rings. The molecular formula is C13H19Si. The first-order valence-electron chi connectivity index (χ1n) is 5.27. The first-order valence-corrected chi connectivity index (χ1v) is 6.60. The van der Waals surface area contributed by atoms with E-state index in [1.54, 1.807) is 0 Å². The van der Waals surface area contributed by atoms with Gasteiger partial charge in [0.05, 0.1) is 9.52 Å². The van der Waals surface area contributed by atoms with Gasteiger partial charge in [-0.1, -0.05) is 49.2 Å². The normalized spacial score (nSPS) is 12.2. The SMILES string of the molecule is CCC([SiH]C=C(C)C)c1ccccc1. The molecule has 0 aliphatic carbocycles. The lowest BCUT2D eigenvalue weighted by Crippen LogP contribution is -2.05. The molecule has 0 aromatic heterocycles. The van der Waals surface area contributed by atoms with E-state index in [-0.39, 0.29) is 0 Å². The molecule has 0 aliphatic heterocycles. The van der Waals surface area contributed by atoms with E-state index >= 15 is 0 Å². The van der Waals surface area contributed by atoms with Gasteiger partial charge in [0.15, 0.2) is 0 Å². The molecule has 0 aliphatic rings. The quantitative estimate of drug-likeness (QED) is 0.657. The van der Waals surface area contributed by atoms with Crippen molar-refractivity contribution in [3.63, 3.8) is 0 Å². The van der Waals surface area contributed by atoms with Crippen LogP contribution in [-0.4, -0.2) is 9.52 Å². The fraction of sp³-hybridized carbons (Fsp3) is 0.385. The Kier molecular flexibility index (Phi) is 4.67. The van der Waals surface area contributed by atoms with E-state index < -0.39 is 0 Å². The van der Waals surface area contributed by atoms with Crippen molar-refractivity contribution >= 4 is 9.52 Å². The topological polar surface area (TPSA) is 0 Å². The van der Waals surface area contributed by atoms with Gasteiger partial charge in [0.2, 0.25) is 0 Å². The molecule has 1 radical (unpaired) electrons. The van der Waals surface area contributed by atoms with Crippen molar-refractivity contribution in [2.45, 2.75) is 32.7 Å². The molecule has 1 heteroatoms. The smallest absolute Gasteiger partial charge is 0.0648 e. The zero-order chi connectivity index (χ0) is 10.4. The van der Waals surface area contributed by atoms with Crippen LogP contribution < -0.4 is 0 Å². The van der Waals surface area contributed by atoms with Gasteiger partial charge in [0.25, 0.3) is 0 Å². The van der Waals surface area contributed by atoms with Crippen LogP contribution in [0.2, 0.25) is 0 Å². The highest BCUT2D eigenvalue weighted by Gasteiger charge is 2.06. The predicted molar refractivity (Wildman–Crippen MR) is 66.1 cm³/mol. The van der Waals surface area contributed by atoms with Crippen molar-refractivity contribution < 1.29 is 0 Å². The minimum atomic E-state index is 0.418. The molecule has 1 unspecified atom stereocenters. The maximum absolute atomic E-state index is 2.42. The monoisotopic (exact) mass is 203 g/mol. The molecule has 1 aromatic carbocycles. The maximum atomic E-state index is 2.42. The van der Waals surface area contributed by atoms with Crippen molar-refractivity contribution in [2.75, 3.05) is 0 Å². The second kappa shape index (κ2) is 5.81. The molecule has 0 spiro atoms. The summed E-state index contributed by atoms with van der Waals surface area (Å²) in [6, 6.07) is 10.9. The number of hydrogen-bond donors (Lipinski definition) is 0. The first-order chi connectivity index (χ1) is 6.74. The van der Waals surface area contributed by atoms with Gasteiger partial charge in [0.1, 0.15) is 0 Å². The minimum absolute atomic E-state index is 0.418. The molecule has 14 heavy (non-hydrogen) atoms. The average Bonchev–Trinajstić information content (AvgIpc) is 2.20. The third-order valence-electron chi connectivity index (χ3n) is 2.33. The summed E-state index contributed by atoms with van der Waals surface area (Å²) in [6.07, 6.45) is 1.25. The van der Waals surface area contributed by atoms with Gasteiger partial charge < -0.3 is 0 Å². The Balaban J connectivity index is 2.68. The van der Waals surface area contributed by atoms with E-state index in [1.807, 2.05) is 0 Å². The summed E-state index contributed by atoms with van der Waals surface area (Å²) in [5, 5.41) is 0. The summed E-state index contributed by atoms with van der Waals surface area (Å²) < 4.78 is 0. The van der Waals surface area contributed by atoms with Gasteiger partial charge in [-0.2, -0.15) is 0 Å². The van der Waals surface area contributed by atoms with E-state index in [9.17, 15) is 0 Å². The zero-order valence-corrected chi connectivity index (χ0v) is 10.5. The summed E-state index contributed by atoms with van der Waals surface area (Å²) in [7, 11) is 0.418. The predicted octanol–water partition coefficient (Wildman–Crippen LogP) is 3.50. The Morgan fingerprint density at radius 3 is 2.43 bits per heavy atom. The van der Waals surface area contributed by atoms with Crippen molar-refractivity contribution in [1.29, 1.82) is 0 Å². The highest BCUT2D eigenvalue weighted by atomic mass is 28.2.